The summed E-state index contributed by atoms with van der Waals surface area (Å²) in [4.78, 5) is 16.5. The van der Waals surface area contributed by atoms with E-state index in [0.29, 0.717) is 23.9 Å². The average molecular weight is 440 g/mol. The molecule has 0 aliphatic carbocycles. The number of hydrogen-bond acceptors (Lipinski definition) is 8. The first-order valence-corrected chi connectivity index (χ1v) is 10.5. The minimum absolute atomic E-state index is 0.214. The van der Waals surface area contributed by atoms with Crippen LogP contribution in [0.1, 0.15) is 48.1 Å². The van der Waals surface area contributed by atoms with E-state index in [1.807, 2.05) is 0 Å². The molecule has 9 nitrogen and oxygen atoms in total. The summed E-state index contributed by atoms with van der Waals surface area (Å²) in [5, 5.41) is 17.9. The Labute approximate surface area is 182 Å². The maximum atomic E-state index is 13.3. The quantitative estimate of drug-likeness (QED) is 0.628. The topological polar surface area (TPSA) is 104 Å². The van der Waals surface area contributed by atoms with Crippen molar-refractivity contribution in [2.45, 2.75) is 37.8 Å². The zero-order chi connectivity index (χ0) is 21.9. The SMILES string of the molecule is Fc1cc(F)cc(CNc2ncc(C3CC(N4CCC(c5cnn[nH]5)CC4)=NO3)cn2)c1. The molecular formula is C21H22F2N8O. The molecule has 4 heterocycles. The van der Waals surface area contributed by atoms with Crippen molar-refractivity contribution in [3.8, 4) is 0 Å². The first-order chi connectivity index (χ1) is 15.6. The van der Waals surface area contributed by atoms with Crippen LogP contribution in [0, 0.1) is 11.6 Å². The van der Waals surface area contributed by atoms with Crippen molar-refractivity contribution in [1.82, 2.24) is 30.3 Å². The number of anilines is 1. The van der Waals surface area contributed by atoms with Gasteiger partial charge in [0, 0.05) is 49.6 Å². The van der Waals surface area contributed by atoms with Gasteiger partial charge in [-0.05, 0) is 30.5 Å². The number of nitrogens with one attached hydrogen (secondary N) is 2. The molecule has 166 valence electrons. The first kappa shape index (κ1) is 20.3. The van der Waals surface area contributed by atoms with Gasteiger partial charge in [0.2, 0.25) is 5.95 Å². The van der Waals surface area contributed by atoms with Gasteiger partial charge < -0.3 is 15.1 Å². The van der Waals surface area contributed by atoms with Crippen molar-refractivity contribution >= 4 is 11.8 Å². The number of halogens is 2. The Kier molecular flexibility index (Phi) is 5.61. The average Bonchev–Trinajstić information content (AvgIpc) is 3.50. The third-order valence-electron chi connectivity index (χ3n) is 5.80. The Bertz CT molecular complexity index is 1060. The smallest absolute Gasteiger partial charge is 0.222 e. The number of aromatic nitrogens is 5. The number of amidine groups is 1. The number of aromatic amines is 1. The number of rotatable bonds is 5. The molecule has 1 aromatic carbocycles. The van der Waals surface area contributed by atoms with E-state index >= 15 is 0 Å². The summed E-state index contributed by atoms with van der Waals surface area (Å²) in [7, 11) is 0. The van der Waals surface area contributed by atoms with Crippen molar-refractivity contribution in [2.75, 3.05) is 18.4 Å². The molecule has 5 rings (SSSR count). The van der Waals surface area contributed by atoms with Crippen LogP contribution in [0.25, 0.3) is 0 Å². The predicted molar refractivity (Wildman–Crippen MR) is 112 cm³/mol. The number of hydrogen-bond donors (Lipinski definition) is 2. The Morgan fingerprint density at radius 2 is 1.81 bits per heavy atom. The maximum absolute atomic E-state index is 13.3. The maximum Gasteiger partial charge on any atom is 0.222 e. The fraction of sp³-hybridized carbons (Fsp3) is 0.381. The van der Waals surface area contributed by atoms with Gasteiger partial charge in [0.25, 0.3) is 0 Å². The highest BCUT2D eigenvalue weighted by Crippen LogP contribution is 2.31. The van der Waals surface area contributed by atoms with Crippen LogP contribution in [-0.2, 0) is 11.4 Å². The lowest BCUT2D eigenvalue weighted by Crippen LogP contribution is -2.37. The molecule has 2 N–H and O–H groups in total. The molecule has 32 heavy (non-hydrogen) atoms. The molecule has 0 bridgehead atoms. The highest BCUT2D eigenvalue weighted by molar-refractivity contribution is 5.83. The molecule has 0 radical (unpaired) electrons. The van der Waals surface area contributed by atoms with Crippen LogP contribution in [0.5, 0.6) is 0 Å². The van der Waals surface area contributed by atoms with Gasteiger partial charge in [-0.1, -0.05) is 10.4 Å². The van der Waals surface area contributed by atoms with Gasteiger partial charge in [-0.15, -0.1) is 5.10 Å². The van der Waals surface area contributed by atoms with E-state index in [2.05, 4.69) is 40.8 Å². The fourth-order valence-corrected chi connectivity index (χ4v) is 4.07. The molecule has 1 unspecified atom stereocenters. The molecule has 2 aliphatic rings. The van der Waals surface area contributed by atoms with Gasteiger partial charge in [-0.25, -0.2) is 18.7 Å². The standard InChI is InChI=1S/C21H22F2N8O/c22-16-5-13(6-17(23)7-16)9-24-21-25-10-15(11-26-21)19-8-20(29-32-19)31-3-1-14(2-4-31)18-12-27-30-28-18/h5-7,10-12,14,19H,1-4,8-9H2,(H,24,25,26)(H,27,28,30). The Hall–Kier alpha value is -3.63. The lowest BCUT2D eigenvalue weighted by atomic mass is 9.93. The molecular weight excluding hydrogens is 418 g/mol. The molecule has 11 heteroatoms. The molecule has 1 atom stereocenters. The lowest BCUT2D eigenvalue weighted by molar-refractivity contribution is 0.0850. The Morgan fingerprint density at radius 1 is 1.06 bits per heavy atom. The summed E-state index contributed by atoms with van der Waals surface area (Å²) in [6.45, 7) is 2.02. The normalized spacial score (nSPS) is 19.0. The van der Waals surface area contributed by atoms with Crippen molar-refractivity contribution < 1.29 is 13.6 Å². The summed E-state index contributed by atoms with van der Waals surface area (Å²) >= 11 is 0. The molecule has 0 saturated carbocycles. The van der Waals surface area contributed by atoms with Crippen molar-refractivity contribution in [1.29, 1.82) is 0 Å². The van der Waals surface area contributed by atoms with E-state index in [0.717, 1.165) is 49.1 Å². The van der Waals surface area contributed by atoms with E-state index < -0.39 is 11.6 Å². The Balaban J connectivity index is 1.12. The first-order valence-electron chi connectivity index (χ1n) is 10.5. The second-order valence-electron chi connectivity index (χ2n) is 7.95. The summed E-state index contributed by atoms with van der Waals surface area (Å²) in [5.41, 5.74) is 2.38. The fourth-order valence-electron chi connectivity index (χ4n) is 4.07. The van der Waals surface area contributed by atoms with E-state index in [-0.39, 0.29) is 12.6 Å². The molecule has 3 aromatic rings. The summed E-state index contributed by atoms with van der Waals surface area (Å²) in [6, 6.07) is 3.38. The van der Waals surface area contributed by atoms with Gasteiger partial charge in [0.1, 0.15) is 17.5 Å². The molecule has 2 aliphatic heterocycles. The molecule has 2 aromatic heterocycles. The van der Waals surface area contributed by atoms with Crippen LogP contribution in [0.3, 0.4) is 0 Å². The number of oxime groups is 1. The molecule has 1 saturated heterocycles. The van der Waals surface area contributed by atoms with Crippen LogP contribution >= 0.6 is 0 Å². The van der Waals surface area contributed by atoms with Crippen LogP contribution in [0.4, 0.5) is 14.7 Å². The highest BCUT2D eigenvalue weighted by atomic mass is 19.1. The summed E-state index contributed by atoms with van der Waals surface area (Å²) in [6.07, 6.45) is 7.60. The monoisotopic (exact) mass is 440 g/mol. The van der Waals surface area contributed by atoms with E-state index in [1.165, 1.54) is 12.1 Å². The van der Waals surface area contributed by atoms with E-state index in [4.69, 9.17) is 4.84 Å². The third-order valence-corrected chi connectivity index (χ3v) is 5.80. The molecule has 0 amide bonds. The van der Waals surface area contributed by atoms with Crippen molar-refractivity contribution in [3.63, 3.8) is 0 Å². The second kappa shape index (κ2) is 8.85. The number of nitrogens with zero attached hydrogens (tertiary/aromatic N) is 6. The van der Waals surface area contributed by atoms with E-state index in [1.54, 1.807) is 18.6 Å². The van der Waals surface area contributed by atoms with Crippen molar-refractivity contribution in [2.24, 2.45) is 5.16 Å². The second-order valence-corrected chi connectivity index (χ2v) is 7.95. The number of H-pyrrole nitrogens is 1. The summed E-state index contributed by atoms with van der Waals surface area (Å²) < 4.78 is 26.6. The zero-order valence-electron chi connectivity index (χ0n) is 17.2. The van der Waals surface area contributed by atoms with Gasteiger partial charge >= 0.3 is 0 Å². The zero-order valence-corrected chi connectivity index (χ0v) is 17.2. The van der Waals surface area contributed by atoms with Crippen LogP contribution in [0.2, 0.25) is 0 Å². The summed E-state index contributed by atoms with van der Waals surface area (Å²) in [5.74, 6) is 0.515. The van der Waals surface area contributed by atoms with Gasteiger partial charge in [0.15, 0.2) is 6.10 Å². The third kappa shape index (κ3) is 4.51. The largest absolute Gasteiger partial charge is 0.386 e. The molecule has 0 spiro atoms. The van der Waals surface area contributed by atoms with E-state index in [9.17, 15) is 8.78 Å². The minimum Gasteiger partial charge on any atom is -0.386 e. The Morgan fingerprint density at radius 3 is 2.50 bits per heavy atom. The molecule has 1 fully saturated rings. The number of piperidine rings is 1. The van der Waals surface area contributed by atoms with Gasteiger partial charge in [-0.3, -0.25) is 5.10 Å². The van der Waals surface area contributed by atoms with Crippen LogP contribution in [0.15, 0.2) is 41.9 Å². The predicted octanol–water partition coefficient (Wildman–Crippen LogP) is 3.14. The van der Waals surface area contributed by atoms with Gasteiger partial charge in [-0.2, -0.15) is 0 Å². The van der Waals surface area contributed by atoms with Gasteiger partial charge in [0.05, 0.1) is 18.3 Å². The lowest BCUT2D eigenvalue weighted by Gasteiger charge is -2.32. The number of benzene rings is 1. The number of likely N-dealkylation sites (tertiary alicyclic amines) is 1. The minimum atomic E-state index is -0.616. The van der Waals surface area contributed by atoms with Crippen LogP contribution < -0.4 is 5.32 Å². The van der Waals surface area contributed by atoms with Crippen LogP contribution in [-0.4, -0.2) is 49.2 Å². The van der Waals surface area contributed by atoms with Crippen molar-refractivity contribution in [3.05, 3.63) is 65.2 Å². The highest BCUT2D eigenvalue weighted by Gasteiger charge is 2.30.